The summed E-state index contributed by atoms with van der Waals surface area (Å²) in [6.45, 7) is 7.69. The van der Waals surface area contributed by atoms with Gasteiger partial charge in [0.1, 0.15) is 0 Å². The molecule has 20 heavy (non-hydrogen) atoms. The number of carbonyl (C=O) groups is 2. The van der Waals surface area contributed by atoms with Crippen LogP contribution < -0.4 is 11.1 Å². The second-order valence-electron chi connectivity index (χ2n) is 5.11. The maximum absolute atomic E-state index is 11.9. The normalized spacial score (nSPS) is 12.5. The van der Waals surface area contributed by atoms with Gasteiger partial charge in [-0.05, 0) is 34.1 Å². The molecule has 112 valence electrons. The molecule has 1 rings (SSSR count). The van der Waals surface area contributed by atoms with E-state index in [4.69, 9.17) is 10.8 Å². The molecule has 0 spiro atoms. The number of carbonyl (C=O) groups excluding carboxylic acids is 1. The van der Waals surface area contributed by atoms with E-state index in [-0.39, 0.29) is 24.8 Å². The molecule has 0 aliphatic heterocycles. The third kappa shape index (κ3) is 3.80. The van der Waals surface area contributed by atoms with Crippen molar-refractivity contribution in [3.8, 4) is 0 Å². The highest BCUT2D eigenvalue weighted by Gasteiger charge is 2.19. The monoisotopic (exact) mass is 282 g/mol. The van der Waals surface area contributed by atoms with Gasteiger partial charge in [0.2, 0.25) is 5.91 Å². The van der Waals surface area contributed by atoms with Crippen LogP contribution in [0, 0.1) is 13.8 Å². The van der Waals surface area contributed by atoms with Crippen molar-refractivity contribution in [2.45, 2.75) is 52.6 Å². The summed E-state index contributed by atoms with van der Waals surface area (Å²) in [5, 5.41) is 15.7. The van der Waals surface area contributed by atoms with E-state index in [1.165, 1.54) is 0 Å². The fraction of sp³-hybridized carbons (Fsp3) is 0.615. The molecule has 0 saturated carbocycles. The number of nitrogens with one attached hydrogen (secondary N) is 1. The van der Waals surface area contributed by atoms with E-state index >= 15 is 0 Å². The average Bonchev–Trinajstić information content (AvgIpc) is 2.63. The van der Waals surface area contributed by atoms with Crippen molar-refractivity contribution in [2.75, 3.05) is 5.32 Å². The summed E-state index contributed by atoms with van der Waals surface area (Å²) < 4.78 is 1.83. The van der Waals surface area contributed by atoms with Gasteiger partial charge in [0.25, 0.3) is 0 Å². The molecule has 0 aromatic carbocycles. The van der Waals surface area contributed by atoms with E-state index in [2.05, 4.69) is 10.4 Å². The molecule has 0 aliphatic carbocycles. The number of aryl methyl sites for hydroxylation is 1. The van der Waals surface area contributed by atoms with E-state index in [1.54, 1.807) is 0 Å². The number of carboxylic acid groups (broad SMARTS) is 1. The van der Waals surface area contributed by atoms with Gasteiger partial charge in [-0.25, -0.2) is 0 Å². The Morgan fingerprint density at radius 3 is 2.45 bits per heavy atom. The van der Waals surface area contributed by atoms with Crippen molar-refractivity contribution in [1.82, 2.24) is 9.78 Å². The number of anilines is 1. The van der Waals surface area contributed by atoms with Crippen molar-refractivity contribution in [2.24, 2.45) is 5.73 Å². The Kier molecular flexibility index (Phi) is 5.26. The fourth-order valence-corrected chi connectivity index (χ4v) is 1.97. The molecule has 0 fully saturated rings. The predicted molar refractivity (Wildman–Crippen MR) is 75.6 cm³/mol. The maximum Gasteiger partial charge on any atom is 0.303 e. The number of aromatic nitrogens is 2. The summed E-state index contributed by atoms with van der Waals surface area (Å²) in [6, 6.07) is -0.646. The Balaban J connectivity index is 2.78. The lowest BCUT2D eigenvalue weighted by atomic mass is 10.1. The molecule has 7 heteroatoms. The Hall–Kier alpha value is -1.89. The van der Waals surface area contributed by atoms with Crippen LogP contribution in [0.4, 0.5) is 5.69 Å². The van der Waals surface area contributed by atoms with Crippen LogP contribution in [0.3, 0.4) is 0 Å². The number of nitrogens with two attached hydrogens (primary N) is 1. The van der Waals surface area contributed by atoms with Gasteiger partial charge >= 0.3 is 5.97 Å². The van der Waals surface area contributed by atoms with E-state index in [1.807, 2.05) is 32.4 Å². The Morgan fingerprint density at radius 2 is 2.00 bits per heavy atom. The smallest absolute Gasteiger partial charge is 0.303 e. The molecule has 7 nitrogen and oxygen atoms in total. The van der Waals surface area contributed by atoms with Gasteiger partial charge in [0.05, 0.1) is 23.1 Å². The fourth-order valence-electron chi connectivity index (χ4n) is 1.97. The number of nitrogens with zero attached hydrogens (tertiary/aromatic N) is 2. The molecular formula is C13H22N4O3. The van der Waals surface area contributed by atoms with Crippen molar-refractivity contribution in [3.63, 3.8) is 0 Å². The minimum Gasteiger partial charge on any atom is -0.481 e. The van der Waals surface area contributed by atoms with Crippen LogP contribution in [0.5, 0.6) is 0 Å². The van der Waals surface area contributed by atoms with E-state index in [9.17, 15) is 9.59 Å². The summed E-state index contributed by atoms with van der Waals surface area (Å²) >= 11 is 0. The molecule has 1 aromatic rings. The molecule has 1 heterocycles. The molecule has 1 atom stereocenters. The average molecular weight is 282 g/mol. The highest BCUT2D eigenvalue weighted by atomic mass is 16.4. The lowest BCUT2D eigenvalue weighted by Gasteiger charge is -2.12. The largest absolute Gasteiger partial charge is 0.481 e. The van der Waals surface area contributed by atoms with Crippen molar-refractivity contribution in [3.05, 3.63) is 11.4 Å². The van der Waals surface area contributed by atoms with Gasteiger partial charge < -0.3 is 16.2 Å². The number of hydrogen-bond acceptors (Lipinski definition) is 4. The summed E-state index contributed by atoms with van der Waals surface area (Å²) in [5.41, 5.74) is 7.90. The lowest BCUT2D eigenvalue weighted by molar-refractivity contribution is -0.137. The van der Waals surface area contributed by atoms with E-state index in [0.29, 0.717) is 5.69 Å². The topological polar surface area (TPSA) is 110 Å². The lowest BCUT2D eigenvalue weighted by Crippen LogP contribution is -2.36. The minimum absolute atomic E-state index is 0.109. The first-order chi connectivity index (χ1) is 9.23. The van der Waals surface area contributed by atoms with Gasteiger partial charge in [0.15, 0.2) is 0 Å². The van der Waals surface area contributed by atoms with E-state index in [0.717, 1.165) is 11.4 Å². The van der Waals surface area contributed by atoms with Crippen LogP contribution in [0.1, 0.15) is 44.1 Å². The number of carboxylic acids is 1. The van der Waals surface area contributed by atoms with Gasteiger partial charge in [-0.3, -0.25) is 14.3 Å². The third-order valence-electron chi connectivity index (χ3n) is 3.07. The molecular weight excluding hydrogens is 260 g/mol. The van der Waals surface area contributed by atoms with Crippen LogP contribution in [-0.4, -0.2) is 32.8 Å². The summed E-state index contributed by atoms with van der Waals surface area (Å²) in [6.07, 6.45) is -0.0185. The first kappa shape index (κ1) is 16.2. The van der Waals surface area contributed by atoms with Crippen LogP contribution in [-0.2, 0) is 9.59 Å². The number of amides is 1. The van der Waals surface area contributed by atoms with E-state index < -0.39 is 12.0 Å². The summed E-state index contributed by atoms with van der Waals surface area (Å²) in [5.74, 6) is -1.35. The molecule has 0 radical (unpaired) electrons. The maximum atomic E-state index is 11.9. The first-order valence-electron chi connectivity index (χ1n) is 6.58. The zero-order chi connectivity index (χ0) is 15.4. The van der Waals surface area contributed by atoms with Crippen molar-refractivity contribution >= 4 is 17.6 Å². The molecule has 4 N–H and O–H groups in total. The Bertz CT molecular complexity index is 508. The quantitative estimate of drug-likeness (QED) is 0.726. The second-order valence-corrected chi connectivity index (χ2v) is 5.11. The summed E-state index contributed by atoms with van der Waals surface area (Å²) in [7, 11) is 0. The highest BCUT2D eigenvalue weighted by molar-refractivity contribution is 5.95. The SMILES string of the molecule is Cc1nn(C(C)C)c(C)c1NC(=O)C(N)CCC(=O)O. The predicted octanol–water partition coefficient (Wildman–Crippen LogP) is 1.21. The first-order valence-corrected chi connectivity index (χ1v) is 6.58. The van der Waals surface area contributed by atoms with Gasteiger partial charge in [-0.2, -0.15) is 5.10 Å². The molecule has 0 aliphatic rings. The standard InChI is InChI=1S/C13H22N4O3/c1-7(2)17-9(4)12(8(3)16-17)15-13(20)10(14)5-6-11(18)19/h7,10H,5-6,14H2,1-4H3,(H,15,20)(H,18,19). The number of rotatable bonds is 6. The van der Waals surface area contributed by atoms with Crippen LogP contribution in [0.25, 0.3) is 0 Å². The number of aliphatic carboxylic acids is 1. The third-order valence-corrected chi connectivity index (χ3v) is 3.07. The van der Waals surface area contributed by atoms with Gasteiger partial charge in [0, 0.05) is 12.5 Å². The zero-order valence-electron chi connectivity index (χ0n) is 12.3. The summed E-state index contributed by atoms with van der Waals surface area (Å²) in [4.78, 5) is 22.4. The van der Waals surface area contributed by atoms with Gasteiger partial charge in [-0.1, -0.05) is 0 Å². The molecule has 0 bridgehead atoms. The van der Waals surface area contributed by atoms with Crippen LogP contribution in [0.15, 0.2) is 0 Å². The molecule has 0 saturated heterocycles. The van der Waals surface area contributed by atoms with Crippen LogP contribution in [0.2, 0.25) is 0 Å². The molecule has 1 amide bonds. The Morgan fingerprint density at radius 1 is 1.40 bits per heavy atom. The van der Waals surface area contributed by atoms with Crippen molar-refractivity contribution < 1.29 is 14.7 Å². The minimum atomic E-state index is -0.965. The van der Waals surface area contributed by atoms with Crippen molar-refractivity contribution in [1.29, 1.82) is 0 Å². The Labute approximate surface area is 118 Å². The van der Waals surface area contributed by atoms with Crippen LogP contribution >= 0.6 is 0 Å². The highest BCUT2D eigenvalue weighted by Crippen LogP contribution is 2.22. The second kappa shape index (κ2) is 6.51. The zero-order valence-corrected chi connectivity index (χ0v) is 12.3. The molecule has 1 aromatic heterocycles. The number of hydrogen-bond donors (Lipinski definition) is 3. The molecule has 1 unspecified atom stereocenters. The van der Waals surface area contributed by atoms with Gasteiger partial charge in [-0.15, -0.1) is 0 Å².